The number of nitrogens with one attached hydrogen (secondary N) is 1. The molecule has 1 aliphatic rings. The number of piperidine rings is 1. The van der Waals surface area contributed by atoms with Gasteiger partial charge in [0.1, 0.15) is 0 Å². The molecule has 1 aliphatic heterocycles. The minimum Gasteiger partial charge on any atom is -0.469 e. The summed E-state index contributed by atoms with van der Waals surface area (Å²) in [5, 5.41) is 2.94. The fourth-order valence-electron chi connectivity index (χ4n) is 2.77. The standard InChI is InChI=1S/C17H24N2O3/c1-3-13-5-4-6-15(11-13)18-16(20)12-19-9-7-14(8-10-19)17(21)22-2/h4-6,11,14H,3,7-10,12H2,1-2H3,(H,18,20). The van der Waals surface area contributed by atoms with E-state index < -0.39 is 0 Å². The minimum atomic E-state index is -0.138. The van der Waals surface area contributed by atoms with Crippen LogP contribution in [0.15, 0.2) is 24.3 Å². The van der Waals surface area contributed by atoms with E-state index in [1.165, 1.54) is 12.7 Å². The van der Waals surface area contributed by atoms with Crippen LogP contribution in [0.5, 0.6) is 0 Å². The first-order valence-corrected chi connectivity index (χ1v) is 7.81. The van der Waals surface area contributed by atoms with E-state index in [2.05, 4.69) is 17.1 Å². The Balaban J connectivity index is 1.79. The first-order valence-electron chi connectivity index (χ1n) is 7.81. The fraction of sp³-hybridized carbons (Fsp3) is 0.529. The normalized spacial score (nSPS) is 16.3. The van der Waals surface area contributed by atoms with E-state index in [1.807, 2.05) is 24.3 Å². The Labute approximate surface area is 131 Å². The SMILES string of the molecule is CCc1cccc(NC(=O)CN2CCC(C(=O)OC)CC2)c1. The number of benzene rings is 1. The lowest BCUT2D eigenvalue weighted by molar-refractivity contribution is -0.147. The molecule has 2 rings (SSSR count). The second-order valence-electron chi connectivity index (χ2n) is 5.68. The van der Waals surface area contributed by atoms with Crippen molar-refractivity contribution >= 4 is 17.6 Å². The molecule has 22 heavy (non-hydrogen) atoms. The first kappa shape index (κ1) is 16.5. The zero-order chi connectivity index (χ0) is 15.9. The number of hydrogen-bond acceptors (Lipinski definition) is 4. The molecule has 0 radical (unpaired) electrons. The first-order chi connectivity index (χ1) is 10.6. The number of amides is 1. The molecule has 1 N–H and O–H groups in total. The van der Waals surface area contributed by atoms with Crippen LogP contribution in [-0.2, 0) is 20.7 Å². The molecular weight excluding hydrogens is 280 g/mol. The highest BCUT2D eigenvalue weighted by Gasteiger charge is 2.26. The van der Waals surface area contributed by atoms with Gasteiger partial charge in [-0.1, -0.05) is 19.1 Å². The number of esters is 1. The van der Waals surface area contributed by atoms with Gasteiger partial charge < -0.3 is 10.1 Å². The number of carbonyl (C=O) groups excluding carboxylic acids is 2. The summed E-state index contributed by atoms with van der Waals surface area (Å²) in [6, 6.07) is 7.91. The predicted molar refractivity (Wildman–Crippen MR) is 85.6 cm³/mol. The Morgan fingerprint density at radius 2 is 2.05 bits per heavy atom. The highest BCUT2D eigenvalue weighted by atomic mass is 16.5. The van der Waals surface area contributed by atoms with Crippen LogP contribution in [0.4, 0.5) is 5.69 Å². The minimum absolute atomic E-state index is 0.00947. The number of carbonyl (C=O) groups is 2. The molecule has 0 unspecified atom stereocenters. The molecule has 1 aromatic carbocycles. The maximum atomic E-state index is 12.1. The lowest BCUT2D eigenvalue weighted by Gasteiger charge is -2.29. The second-order valence-corrected chi connectivity index (χ2v) is 5.68. The lowest BCUT2D eigenvalue weighted by atomic mass is 9.97. The molecule has 120 valence electrons. The average molecular weight is 304 g/mol. The van der Waals surface area contributed by atoms with Gasteiger partial charge in [-0.05, 0) is 50.0 Å². The average Bonchev–Trinajstić information content (AvgIpc) is 2.55. The third-order valence-electron chi connectivity index (χ3n) is 4.11. The lowest BCUT2D eigenvalue weighted by Crippen LogP contribution is -2.41. The zero-order valence-corrected chi connectivity index (χ0v) is 13.3. The topological polar surface area (TPSA) is 58.6 Å². The van der Waals surface area contributed by atoms with Gasteiger partial charge in [0.15, 0.2) is 0 Å². The van der Waals surface area contributed by atoms with Crippen molar-refractivity contribution in [2.24, 2.45) is 5.92 Å². The number of methoxy groups -OCH3 is 1. The summed E-state index contributed by atoms with van der Waals surface area (Å²) in [5.74, 6) is -0.171. The molecule has 1 amide bonds. The predicted octanol–water partition coefficient (Wildman–Crippen LogP) is 2.07. The van der Waals surface area contributed by atoms with Crippen LogP contribution in [0.3, 0.4) is 0 Å². The Hall–Kier alpha value is -1.88. The Bertz CT molecular complexity index is 522. The number of rotatable bonds is 5. The number of anilines is 1. The van der Waals surface area contributed by atoms with E-state index in [0.29, 0.717) is 6.54 Å². The zero-order valence-electron chi connectivity index (χ0n) is 13.3. The van der Waals surface area contributed by atoms with E-state index in [-0.39, 0.29) is 17.8 Å². The number of ether oxygens (including phenoxy) is 1. The van der Waals surface area contributed by atoms with Crippen molar-refractivity contribution in [3.8, 4) is 0 Å². The van der Waals surface area contributed by atoms with Gasteiger partial charge in [0, 0.05) is 5.69 Å². The quantitative estimate of drug-likeness (QED) is 0.846. The number of likely N-dealkylation sites (tertiary alicyclic amines) is 1. The van der Waals surface area contributed by atoms with Gasteiger partial charge in [-0.2, -0.15) is 0 Å². The second kappa shape index (κ2) is 7.94. The molecule has 0 aliphatic carbocycles. The third-order valence-corrected chi connectivity index (χ3v) is 4.11. The van der Waals surface area contributed by atoms with Crippen LogP contribution >= 0.6 is 0 Å². The molecular formula is C17H24N2O3. The van der Waals surface area contributed by atoms with Crippen molar-refractivity contribution in [3.63, 3.8) is 0 Å². The maximum absolute atomic E-state index is 12.1. The van der Waals surface area contributed by atoms with Gasteiger partial charge in [-0.3, -0.25) is 14.5 Å². The smallest absolute Gasteiger partial charge is 0.308 e. The van der Waals surface area contributed by atoms with Crippen LogP contribution in [0.25, 0.3) is 0 Å². The maximum Gasteiger partial charge on any atom is 0.308 e. The number of nitrogens with zero attached hydrogens (tertiary/aromatic N) is 1. The van der Waals surface area contributed by atoms with Crippen molar-refractivity contribution in [3.05, 3.63) is 29.8 Å². The molecule has 5 nitrogen and oxygen atoms in total. The molecule has 1 saturated heterocycles. The van der Waals surface area contributed by atoms with Crippen LogP contribution in [0.2, 0.25) is 0 Å². The Kier molecular flexibility index (Phi) is 5.95. The Morgan fingerprint density at radius 1 is 1.32 bits per heavy atom. The molecule has 1 fully saturated rings. The fourth-order valence-corrected chi connectivity index (χ4v) is 2.77. The van der Waals surface area contributed by atoms with E-state index in [4.69, 9.17) is 4.74 Å². The van der Waals surface area contributed by atoms with Crippen LogP contribution in [0.1, 0.15) is 25.3 Å². The third kappa shape index (κ3) is 4.56. The summed E-state index contributed by atoms with van der Waals surface area (Å²) < 4.78 is 4.77. The van der Waals surface area contributed by atoms with Gasteiger partial charge in [0.25, 0.3) is 0 Å². The van der Waals surface area contributed by atoms with Gasteiger partial charge in [0.2, 0.25) is 5.91 Å². The van der Waals surface area contributed by atoms with Crippen LogP contribution in [0, 0.1) is 5.92 Å². The van der Waals surface area contributed by atoms with Crippen LogP contribution in [-0.4, -0.2) is 43.5 Å². The molecule has 0 spiro atoms. The highest BCUT2D eigenvalue weighted by Crippen LogP contribution is 2.18. The summed E-state index contributed by atoms with van der Waals surface area (Å²) in [6.45, 7) is 3.96. The number of hydrogen-bond donors (Lipinski definition) is 1. The Morgan fingerprint density at radius 3 is 2.68 bits per heavy atom. The van der Waals surface area contributed by atoms with Crippen molar-refractivity contribution < 1.29 is 14.3 Å². The summed E-state index contributed by atoms with van der Waals surface area (Å²) in [5.41, 5.74) is 2.05. The van der Waals surface area contributed by atoms with E-state index in [0.717, 1.165) is 38.0 Å². The highest BCUT2D eigenvalue weighted by molar-refractivity contribution is 5.92. The molecule has 0 saturated carbocycles. The van der Waals surface area contributed by atoms with Crippen LogP contribution < -0.4 is 5.32 Å². The van der Waals surface area contributed by atoms with Gasteiger partial charge >= 0.3 is 5.97 Å². The van der Waals surface area contributed by atoms with Crippen molar-refractivity contribution in [2.45, 2.75) is 26.2 Å². The van der Waals surface area contributed by atoms with Crippen molar-refractivity contribution in [2.75, 3.05) is 32.1 Å². The van der Waals surface area contributed by atoms with Crippen molar-refractivity contribution in [1.29, 1.82) is 0 Å². The van der Waals surface area contributed by atoms with Gasteiger partial charge in [-0.25, -0.2) is 0 Å². The van der Waals surface area contributed by atoms with E-state index >= 15 is 0 Å². The molecule has 1 heterocycles. The van der Waals surface area contributed by atoms with E-state index in [9.17, 15) is 9.59 Å². The summed E-state index contributed by atoms with van der Waals surface area (Å²) in [4.78, 5) is 25.7. The molecule has 0 atom stereocenters. The largest absolute Gasteiger partial charge is 0.469 e. The monoisotopic (exact) mass is 304 g/mol. The summed E-state index contributed by atoms with van der Waals surface area (Å²) in [7, 11) is 1.42. The number of aryl methyl sites for hydroxylation is 1. The van der Waals surface area contributed by atoms with Gasteiger partial charge in [-0.15, -0.1) is 0 Å². The molecule has 0 aromatic heterocycles. The molecule has 1 aromatic rings. The van der Waals surface area contributed by atoms with Crippen molar-refractivity contribution in [1.82, 2.24) is 4.90 Å². The molecule has 5 heteroatoms. The summed E-state index contributed by atoms with van der Waals surface area (Å²) in [6.07, 6.45) is 2.46. The van der Waals surface area contributed by atoms with Gasteiger partial charge in [0.05, 0.1) is 19.6 Å². The summed E-state index contributed by atoms with van der Waals surface area (Å²) >= 11 is 0. The van der Waals surface area contributed by atoms with E-state index in [1.54, 1.807) is 0 Å². The molecule has 0 bridgehead atoms.